The smallest absolute Gasteiger partial charge is 0.378 e. The molecule has 2 fully saturated rings. The Labute approximate surface area is 236 Å². The molecule has 1 N–H and O–H groups in total. The standard InChI is InChI=1S/C29H32F3N5O2S/c1-39-18-24-16-26(37-13-11-36(12-14-37)25-4-2-3-23(15-25)29(30,31)32)35-28(34-24)40-19-21-7-9-22(10-8-21)27(38)33-17-20-5-6-20/h2-4,7-10,15-16,20H,5-6,11-14,17-19H2,1H3,(H,33,38). The average Bonchev–Trinajstić information content (AvgIpc) is 3.80. The van der Waals surface area contributed by atoms with Crippen molar-refractivity contribution in [2.75, 3.05) is 49.6 Å². The summed E-state index contributed by atoms with van der Waals surface area (Å²) in [6, 6.07) is 15.0. The van der Waals surface area contributed by atoms with Gasteiger partial charge in [-0.2, -0.15) is 13.2 Å². The molecule has 0 radical (unpaired) electrons. The van der Waals surface area contributed by atoms with Crippen LogP contribution in [0.5, 0.6) is 0 Å². The van der Waals surface area contributed by atoms with Crippen LogP contribution in [0.25, 0.3) is 0 Å². The van der Waals surface area contributed by atoms with Crippen LogP contribution in [0.15, 0.2) is 59.8 Å². The van der Waals surface area contributed by atoms with Gasteiger partial charge in [0, 0.05) is 62.9 Å². The molecule has 0 atom stereocenters. The van der Waals surface area contributed by atoms with Crippen molar-refractivity contribution >= 4 is 29.2 Å². The summed E-state index contributed by atoms with van der Waals surface area (Å²) in [6.45, 7) is 3.48. The summed E-state index contributed by atoms with van der Waals surface area (Å²) >= 11 is 1.51. The van der Waals surface area contributed by atoms with Crippen LogP contribution in [0, 0.1) is 5.92 Å². The number of aromatic nitrogens is 2. The van der Waals surface area contributed by atoms with Gasteiger partial charge in [0.2, 0.25) is 0 Å². The number of benzene rings is 2. The normalized spacial score (nSPS) is 15.8. The summed E-state index contributed by atoms with van der Waals surface area (Å²) in [6.07, 6.45) is -1.97. The second-order valence-electron chi connectivity index (χ2n) is 10.1. The van der Waals surface area contributed by atoms with Crippen LogP contribution in [-0.4, -0.2) is 55.7 Å². The van der Waals surface area contributed by atoms with Gasteiger partial charge in [-0.1, -0.05) is 30.0 Å². The first-order chi connectivity index (χ1) is 19.3. The van der Waals surface area contributed by atoms with Crippen LogP contribution in [0.1, 0.15) is 40.0 Å². The molecule has 2 heterocycles. The lowest BCUT2D eigenvalue weighted by Crippen LogP contribution is -2.47. The fourth-order valence-corrected chi connectivity index (χ4v) is 5.37. The largest absolute Gasteiger partial charge is 0.416 e. The Morgan fingerprint density at radius 3 is 2.42 bits per heavy atom. The molecule has 1 aromatic heterocycles. The average molecular weight is 572 g/mol. The van der Waals surface area contributed by atoms with Gasteiger partial charge in [0.25, 0.3) is 5.91 Å². The number of anilines is 2. The number of thioether (sulfide) groups is 1. The van der Waals surface area contributed by atoms with Crippen LogP contribution >= 0.6 is 11.8 Å². The molecule has 1 saturated carbocycles. The third-order valence-electron chi connectivity index (χ3n) is 7.01. The lowest BCUT2D eigenvalue weighted by atomic mass is 10.1. The van der Waals surface area contributed by atoms with E-state index in [1.807, 2.05) is 35.2 Å². The van der Waals surface area contributed by atoms with Crippen molar-refractivity contribution < 1.29 is 22.7 Å². The van der Waals surface area contributed by atoms with Crippen molar-refractivity contribution in [2.24, 2.45) is 5.92 Å². The first-order valence-electron chi connectivity index (χ1n) is 13.3. The van der Waals surface area contributed by atoms with Crippen molar-refractivity contribution in [2.45, 2.75) is 36.5 Å². The van der Waals surface area contributed by atoms with Gasteiger partial charge in [0.15, 0.2) is 5.16 Å². The molecule has 11 heteroatoms. The van der Waals surface area contributed by atoms with Gasteiger partial charge in [-0.15, -0.1) is 0 Å². The summed E-state index contributed by atoms with van der Waals surface area (Å²) in [7, 11) is 1.62. The minimum absolute atomic E-state index is 0.0421. The molecule has 40 heavy (non-hydrogen) atoms. The van der Waals surface area contributed by atoms with E-state index < -0.39 is 11.7 Å². The van der Waals surface area contributed by atoms with E-state index >= 15 is 0 Å². The minimum Gasteiger partial charge on any atom is -0.378 e. The Morgan fingerprint density at radius 1 is 1.02 bits per heavy atom. The molecule has 5 rings (SSSR count). The minimum atomic E-state index is -4.36. The quantitative estimate of drug-likeness (QED) is 0.258. The third kappa shape index (κ3) is 7.45. The maximum Gasteiger partial charge on any atom is 0.416 e. The molecule has 1 aliphatic carbocycles. The second-order valence-corrected chi connectivity index (χ2v) is 11.0. The monoisotopic (exact) mass is 571 g/mol. The fourth-order valence-electron chi connectivity index (χ4n) is 4.54. The van der Waals surface area contributed by atoms with E-state index in [0.717, 1.165) is 29.7 Å². The van der Waals surface area contributed by atoms with Crippen molar-refractivity contribution in [3.05, 3.63) is 77.0 Å². The maximum absolute atomic E-state index is 13.2. The third-order valence-corrected chi connectivity index (χ3v) is 7.93. The fraction of sp³-hybridized carbons (Fsp3) is 0.414. The molecule has 2 aliphatic rings. The van der Waals surface area contributed by atoms with Crippen LogP contribution in [-0.2, 0) is 23.3 Å². The van der Waals surface area contributed by atoms with Gasteiger partial charge >= 0.3 is 6.18 Å². The topological polar surface area (TPSA) is 70.6 Å². The van der Waals surface area contributed by atoms with Crippen molar-refractivity contribution in [1.29, 1.82) is 0 Å². The number of nitrogens with zero attached hydrogens (tertiary/aromatic N) is 4. The molecule has 2 aromatic carbocycles. The number of nitrogens with one attached hydrogen (secondary N) is 1. The Morgan fingerprint density at radius 2 is 1.75 bits per heavy atom. The van der Waals surface area contributed by atoms with E-state index in [2.05, 4.69) is 15.2 Å². The number of hydrogen-bond donors (Lipinski definition) is 1. The molecular weight excluding hydrogens is 539 g/mol. The number of carbonyl (C=O) groups is 1. The van der Waals surface area contributed by atoms with Gasteiger partial charge in [-0.3, -0.25) is 4.79 Å². The summed E-state index contributed by atoms with van der Waals surface area (Å²) in [5, 5.41) is 3.61. The molecule has 1 aliphatic heterocycles. The second kappa shape index (κ2) is 12.5. The van der Waals surface area contributed by atoms with Crippen molar-refractivity contribution in [1.82, 2.24) is 15.3 Å². The molecule has 0 bridgehead atoms. The first-order valence-corrected chi connectivity index (χ1v) is 14.3. The molecule has 1 saturated heterocycles. The summed E-state index contributed by atoms with van der Waals surface area (Å²) in [4.78, 5) is 25.8. The van der Waals surface area contributed by atoms with E-state index in [1.54, 1.807) is 13.2 Å². The predicted octanol–water partition coefficient (Wildman–Crippen LogP) is 5.40. The summed E-state index contributed by atoms with van der Waals surface area (Å²) < 4.78 is 44.8. The zero-order chi connectivity index (χ0) is 28.1. The predicted molar refractivity (Wildman–Crippen MR) is 150 cm³/mol. The lowest BCUT2D eigenvalue weighted by Gasteiger charge is -2.37. The highest BCUT2D eigenvalue weighted by Gasteiger charge is 2.31. The molecule has 7 nitrogen and oxygen atoms in total. The number of ether oxygens (including phenoxy) is 1. The number of halogens is 3. The Hall–Kier alpha value is -3.31. The lowest BCUT2D eigenvalue weighted by molar-refractivity contribution is -0.137. The van der Waals surface area contributed by atoms with Crippen LogP contribution in [0.3, 0.4) is 0 Å². The highest BCUT2D eigenvalue weighted by atomic mass is 32.2. The first kappa shape index (κ1) is 28.2. The number of rotatable bonds is 10. The molecule has 0 spiro atoms. The Bertz CT molecular complexity index is 1310. The number of methoxy groups -OCH3 is 1. The van der Waals surface area contributed by atoms with E-state index in [4.69, 9.17) is 9.72 Å². The molecule has 0 unspecified atom stereocenters. The summed E-state index contributed by atoms with van der Waals surface area (Å²) in [5.74, 6) is 2.01. The molecule has 1 amide bonds. The van der Waals surface area contributed by atoms with Gasteiger partial charge in [0.1, 0.15) is 5.82 Å². The molecule has 212 valence electrons. The van der Waals surface area contributed by atoms with Crippen LogP contribution in [0.2, 0.25) is 0 Å². The van der Waals surface area contributed by atoms with E-state index in [-0.39, 0.29) is 5.91 Å². The SMILES string of the molecule is COCc1cc(N2CCN(c3cccc(C(F)(F)F)c3)CC2)nc(SCc2ccc(C(=O)NCC3CC3)cc2)n1. The van der Waals surface area contributed by atoms with Gasteiger partial charge in [-0.05, 0) is 54.7 Å². The van der Waals surface area contributed by atoms with Gasteiger partial charge < -0.3 is 19.9 Å². The summed E-state index contributed by atoms with van der Waals surface area (Å²) in [5.41, 5.74) is 2.40. The van der Waals surface area contributed by atoms with E-state index in [9.17, 15) is 18.0 Å². The highest BCUT2D eigenvalue weighted by Crippen LogP contribution is 2.32. The molecule has 3 aromatic rings. The van der Waals surface area contributed by atoms with Crippen molar-refractivity contribution in [3.8, 4) is 0 Å². The number of carbonyl (C=O) groups excluding carboxylic acids is 1. The Kier molecular flexibility index (Phi) is 8.80. The van der Waals surface area contributed by atoms with Gasteiger partial charge in [0.05, 0.1) is 17.9 Å². The molecular formula is C29H32F3N5O2S. The highest BCUT2D eigenvalue weighted by molar-refractivity contribution is 7.98. The Balaban J connectivity index is 1.21. The number of alkyl halides is 3. The van der Waals surface area contributed by atoms with Crippen LogP contribution < -0.4 is 15.1 Å². The number of piperazine rings is 1. The zero-order valence-corrected chi connectivity index (χ0v) is 23.1. The maximum atomic E-state index is 13.2. The van der Waals surface area contributed by atoms with Gasteiger partial charge in [-0.25, -0.2) is 9.97 Å². The van der Waals surface area contributed by atoms with Crippen LogP contribution in [0.4, 0.5) is 24.7 Å². The number of amides is 1. The van der Waals surface area contributed by atoms with E-state index in [1.165, 1.54) is 36.7 Å². The zero-order valence-electron chi connectivity index (χ0n) is 22.3. The number of hydrogen-bond acceptors (Lipinski definition) is 7. The van der Waals surface area contributed by atoms with E-state index in [0.29, 0.717) is 60.9 Å². The van der Waals surface area contributed by atoms with Crippen molar-refractivity contribution in [3.63, 3.8) is 0 Å².